The normalized spacial score (nSPS) is 26.2. The Labute approximate surface area is 136 Å². The largest absolute Gasteiger partial charge is 0.481 e. The number of aliphatic hydroxyl groups is 1. The van der Waals surface area contributed by atoms with E-state index in [0.717, 1.165) is 38.8 Å². The first-order chi connectivity index (χ1) is 11.2. The quantitative estimate of drug-likeness (QED) is 0.753. The highest BCUT2D eigenvalue weighted by Crippen LogP contribution is 2.35. The average Bonchev–Trinajstić information content (AvgIpc) is 2.58. The Balaban J connectivity index is 1.67. The molecule has 2 heterocycles. The van der Waals surface area contributed by atoms with E-state index in [2.05, 4.69) is 15.6 Å². The Hall–Kier alpha value is -1.66. The first-order valence-electron chi connectivity index (χ1n) is 8.37. The highest BCUT2D eigenvalue weighted by Gasteiger charge is 2.39. The molecule has 1 atom stereocenters. The van der Waals surface area contributed by atoms with Crippen molar-refractivity contribution in [2.45, 2.75) is 37.8 Å². The third-order valence-corrected chi connectivity index (χ3v) is 5.05. The molecule has 1 aromatic heterocycles. The van der Waals surface area contributed by atoms with Gasteiger partial charge in [0.25, 0.3) is 5.91 Å². The molecule has 3 rings (SSSR count). The van der Waals surface area contributed by atoms with Crippen LogP contribution in [0.25, 0.3) is 0 Å². The molecule has 1 aromatic rings. The lowest BCUT2D eigenvalue weighted by Gasteiger charge is -2.43. The van der Waals surface area contributed by atoms with Crippen LogP contribution in [-0.4, -0.2) is 48.3 Å². The summed E-state index contributed by atoms with van der Waals surface area (Å²) in [7, 11) is 1.55. The van der Waals surface area contributed by atoms with Crippen LogP contribution in [0.15, 0.2) is 18.3 Å². The summed E-state index contributed by atoms with van der Waals surface area (Å²) in [6.07, 6.45) is 5.05. The Morgan fingerprint density at radius 2 is 2.09 bits per heavy atom. The second-order valence-electron chi connectivity index (χ2n) is 6.56. The van der Waals surface area contributed by atoms with E-state index in [-0.39, 0.29) is 18.1 Å². The topological polar surface area (TPSA) is 83.5 Å². The molecule has 1 saturated carbocycles. The van der Waals surface area contributed by atoms with Crippen molar-refractivity contribution in [3.05, 3.63) is 23.9 Å². The van der Waals surface area contributed by atoms with Gasteiger partial charge in [0.05, 0.1) is 18.8 Å². The van der Waals surface area contributed by atoms with Crippen molar-refractivity contribution in [2.24, 2.45) is 11.8 Å². The fourth-order valence-corrected chi connectivity index (χ4v) is 3.62. The number of nitrogens with one attached hydrogen (secondary N) is 2. The van der Waals surface area contributed by atoms with Crippen LogP contribution in [0, 0.1) is 11.8 Å². The maximum Gasteiger partial charge on any atom is 0.253 e. The molecule has 0 unspecified atom stereocenters. The summed E-state index contributed by atoms with van der Waals surface area (Å²) in [5.41, 5.74) is 0.546. The molecule has 6 nitrogen and oxygen atoms in total. The standard InChI is InChI=1S/C17H25N3O3/c1-23-15-3-2-12(10-19-15)17(22)20-16(13-8-14(21)9-13)11-4-6-18-7-5-11/h2-3,10-11,13-14,16,18,21H,4-9H2,1H3,(H,20,22)/t13?,14?,16-/m1/s1. The molecule has 1 amide bonds. The van der Waals surface area contributed by atoms with Crippen LogP contribution in [0.4, 0.5) is 0 Å². The van der Waals surface area contributed by atoms with Gasteiger partial charge in [-0.25, -0.2) is 4.98 Å². The van der Waals surface area contributed by atoms with Gasteiger partial charge in [-0.2, -0.15) is 0 Å². The Morgan fingerprint density at radius 3 is 2.65 bits per heavy atom. The zero-order chi connectivity index (χ0) is 16.2. The van der Waals surface area contributed by atoms with E-state index >= 15 is 0 Å². The number of rotatable bonds is 5. The van der Waals surface area contributed by atoms with Gasteiger partial charge < -0.3 is 20.5 Å². The molecule has 126 valence electrons. The van der Waals surface area contributed by atoms with Gasteiger partial charge >= 0.3 is 0 Å². The van der Waals surface area contributed by atoms with Gasteiger partial charge in [-0.15, -0.1) is 0 Å². The summed E-state index contributed by atoms with van der Waals surface area (Å²) in [6, 6.07) is 3.56. The number of hydrogen-bond donors (Lipinski definition) is 3. The Morgan fingerprint density at radius 1 is 1.35 bits per heavy atom. The van der Waals surface area contributed by atoms with Crippen molar-refractivity contribution >= 4 is 5.91 Å². The summed E-state index contributed by atoms with van der Waals surface area (Å²) >= 11 is 0. The third kappa shape index (κ3) is 3.82. The number of carbonyl (C=O) groups is 1. The molecule has 6 heteroatoms. The third-order valence-electron chi connectivity index (χ3n) is 5.05. The number of nitrogens with zero attached hydrogens (tertiary/aromatic N) is 1. The molecule has 2 aliphatic rings. The first-order valence-corrected chi connectivity index (χ1v) is 8.37. The van der Waals surface area contributed by atoms with Crippen LogP contribution in [0.3, 0.4) is 0 Å². The summed E-state index contributed by atoms with van der Waals surface area (Å²) in [5, 5.41) is 16.2. The predicted molar refractivity (Wildman–Crippen MR) is 86.4 cm³/mol. The van der Waals surface area contributed by atoms with E-state index in [0.29, 0.717) is 23.3 Å². The van der Waals surface area contributed by atoms with E-state index < -0.39 is 0 Å². The minimum absolute atomic E-state index is 0.0925. The van der Waals surface area contributed by atoms with Gasteiger partial charge in [0.2, 0.25) is 5.88 Å². The zero-order valence-electron chi connectivity index (χ0n) is 13.5. The second-order valence-corrected chi connectivity index (χ2v) is 6.56. The lowest BCUT2D eigenvalue weighted by Crippen LogP contribution is -2.52. The van der Waals surface area contributed by atoms with Gasteiger partial charge in [-0.1, -0.05) is 0 Å². The highest BCUT2D eigenvalue weighted by atomic mass is 16.5. The fourth-order valence-electron chi connectivity index (χ4n) is 3.62. The summed E-state index contributed by atoms with van der Waals surface area (Å²) in [4.78, 5) is 16.6. The molecule has 2 fully saturated rings. The number of amides is 1. The van der Waals surface area contributed by atoms with E-state index in [1.165, 1.54) is 0 Å². The number of carbonyl (C=O) groups excluding carboxylic acids is 1. The number of aromatic nitrogens is 1. The molecule has 0 spiro atoms. The van der Waals surface area contributed by atoms with Crippen LogP contribution in [-0.2, 0) is 0 Å². The van der Waals surface area contributed by atoms with Gasteiger partial charge in [0.15, 0.2) is 0 Å². The van der Waals surface area contributed by atoms with Crippen LogP contribution in [0.1, 0.15) is 36.0 Å². The summed E-state index contributed by atoms with van der Waals surface area (Å²) in [5.74, 6) is 1.26. The Kier molecular flexibility index (Phi) is 5.13. The van der Waals surface area contributed by atoms with E-state index in [1.54, 1.807) is 25.4 Å². The smallest absolute Gasteiger partial charge is 0.253 e. The maximum atomic E-state index is 12.6. The minimum Gasteiger partial charge on any atom is -0.481 e. The van der Waals surface area contributed by atoms with Gasteiger partial charge in [0, 0.05) is 18.3 Å². The molecule has 0 aromatic carbocycles. The number of ether oxygens (including phenoxy) is 1. The van der Waals surface area contributed by atoms with Crippen LogP contribution in [0.5, 0.6) is 5.88 Å². The molecule has 0 bridgehead atoms. The molecular formula is C17H25N3O3. The minimum atomic E-state index is -0.205. The molecule has 0 radical (unpaired) electrons. The monoisotopic (exact) mass is 319 g/mol. The summed E-state index contributed by atoms with van der Waals surface area (Å²) < 4.78 is 5.02. The van der Waals surface area contributed by atoms with Gasteiger partial charge in [0.1, 0.15) is 0 Å². The van der Waals surface area contributed by atoms with Crippen molar-refractivity contribution < 1.29 is 14.6 Å². The van der Waals surface area contributed by atoms with Crippen molar-refractivity contribution in [1.82, 2.24) is 15.6 Å². The van der Waals surface area contributed by atoms with Crippen molar-refractivity contribution in [3.8, 4) is 5.88 Å². The number of methoxy groups -OCH3 is 1. The highest BCUT2D eigenvalue weighted by molar-refractivity contribution is 5.94. The molecule has 1 aliphatic heterocycles. The fraction of sp³-hybridized carbons (Fsp3) is 0.647. The van der Waals surface area contributed by atoms with Crippen LogP contribution >= 0.6 is 0 Å². The lowest BCUT2D eigenvalue weighted by atomic mass is 9.71. The number of hydrogen-bond acceptors (Lipinski definition) is 5. The average molecular weight is 319 g/mol. The number of pyridine rings is 1. The Bertz CT molecular complexity index is 522. The van der Waals surface area contributed by atoms with Crippen molar-refractivity contribution in [1.29, 1.82) is 0 Å². The van der Waals surface area contributed by atoms with Crippen LogP contribution < -0.4 is 15.4 Å². The molecule has 1 saturated heterocycles. The van der Waals surface area contributed by atoms with Gasteiger partial charge in [-0.3, -0.25) is 4.79 Å². The maximum absolute atomic E-state index is 12.6. The van der Waals surface area contributed by atoms with Crippen molar-refractivity contribution in [3.63, 3.8) is 0 Å². The van der Waals surface area contributed by atoms with Crippen LogP contribution in [0.2, 0.25) is 0 Å². The van der Waals surface area contributed by atoms with Gasteiger partial charge in [-0.05, 0) is 56.7 Å². The molecule has 23 heavy (non-hydrogen) atoms. The summed E-state index contributed by atoms with van der Waals surface area (Å²) in [6.45, 7) is 1.99. The lowest BCUT2D eigenvalue weighted by molar-refractivity contribution is 0.00918. The SMILES string of the molecule is COc1ccc(C(=O)N[C@H](C2CCNCC2)C2CC(O)C2)cn1. The predicted octanol–water partition coefficient (Wildman–Crippen LogP) is 0.959. The van der Waals surface area contributed by atoms with Crippen molar-refractivity contribution in [2.75, 3.05) is 20.2 Å². The zero-order valence-corrected chi connectivity index (χ0v) is 13.5. The van der Waals surface area contributed by atoms with E-state index in [1.807, 2.05) is 0 Å². The molecule has 3 N–H and O–H groups in total. The number of piperidine rings is 1. The molecular weight excluding hydrogens is 294 g/mol. The second kappa shape index (κ2) is 7.27. The molecule has 1 aliphatic carbocycles. The van der Waals surface area contributed by atoms with E-state index in [4.69, 9.17) is 4.74 Å². The van der Waals surface area contributed by atoms with E-state index in [9.17, 15) is 9.90 Å². The number of aliphatic hydroxyl groups excluding tert-OH is 1. The first kappa shape index (κ1) is 16.2.